The molecule has 1 unspecified atom stereocenters. The summed E-state index contributed by atoms with van der Waals surface area (Å²) in [7, 11) is 0. The lowest BCUT2D eigenvalue weighted by molar-refractivity contribution is -0.117. The highest BCUT2D eigenvalue weighted by Gasteiger charge is 2.36. The van der Waals surface area contributed by atoms with Crippen LogP contribution in [0.5, 0.6) is 0 Å². The molecule has 1 fully saturated rings. The number of fused-ring (bicyclic) bond motifs is 3. The molecule has 2 aliphatic rings. The van der Waals surface area contributed by atoms with Gasteiger partial charge in [0.1, 0.15) is 0 Å². The summed E-state index contributed by atoms with van der Waals surface area (Å²) in [5.41, 5.74) is 3.37. The van der Waals surface area contributed by atoms with Crippen LogP contribution < -0.4 is 4.90 Å². The number of nitrogens with zero attached hydrogens (tertiary/aromatic N) is 1. The molecule has 15 heavy (non-hydrogen) atoms. The zero-order valence-electron chi connectivity index (χ0n) is 8.57. The Hall–Kier alpha value is -1.57. The van der Waals surface area contributed by atoms with Gasteiger partial charge in [0.2, 0.25) is 5.91 Å². The highest BCUT2D eigenvalue weighted by atomic mass is 16.2. The van der Waals surface area contributed by atoms with Gasteiger partial charge in [-0.1, -0.05) is 24.8 Å². The lowest BCUT2D eigenvalue weighted by Gasteiger charge is -2.33. The molecule has 2 heteroatoms. The summed E-state index contributed by atoms with van der Waals surface area (Å²) in [6.45, 7) is 4.10. The molecule has 0 aliphatic carbocycles. The van der Waals surface area contributed by atoms with Gasteiger partial charge in [-0.05, 0) is 24.5 Å². The first-order valence-electron chi connectivity index (χ1n) is 5.36. The van der Waals surface area contributed by atoms with Gasteiger partial charge in [0.25, 0.3) is 0 Å². The van der Waals surface area contributed by atoms with Crippen LogP contribution in [0, 0.1) is 0 Å². The maximum absolute atomic E-state index is 11.8. The Kier molecular flexibility index (Phi) is 1.72. The van der Waals surface area contributed by atoms with Crippen LogP contribution in [0.15, 0.2) is 30.8 Å². The molecule has 2 heterocycles. The number of para-hydroxylation sites is 1. The first-order chi connectivity index (χ1) is 7.27. The number of carbonyl (C=O) groups excluding carboxylic acids is 1. The quantitative estimate of drug-likeness (QED) is 0.629. The van der Waals surface area contributed by atoms with Gasteiger partial charge in [-0.25, -0.2) is 0 Å². The van der Waals surface area contributed by atoms with E-state index in [2.05, 4.69) is 12.6 Å². The Labute approximate surface area is 89.2 Å². The first-order valence-corrected chi connectivity index (χ1v) is 5.36. The van der Waals surface area contributed by atoms with Crippen LogP contribution in [-0.4, -0.2) is 11.9 Å². The number of anilines is 1. The maximum Gasteiger partial charge on any atom is 0.227 e. The van der Waals surface area contributed by atoms with Crippen LogP contribution in [0.2, 0.25) is 0 Å². The van der Waals surface area contributed by atoms with Gasteiger partial charge in [0, 0.05) is 18.0 Å². The topological polar surface area (TPSA) is 20.3 Å². The third kappa shape index (κ3) is 1.14. The summed E-state index contributed by atoms with van der Waals surface area (Å²) >= 11 is 0. The van der Waals surface area contributed by atoms with Crippen molar-refractivity contribution < 1.29 is 4.79 Å². The summed E-state index contributed by atoms with van der Waals surface area (Å²) in [6, 6.07) is 8.43. The predicted octanol–water partition coefficient (Wildman–Crippen LogP) is 2.60. The number of hydrogen-bond donors (Lipinski definition) is 0. The zero-order valence-corrected chi connectivity index (χ0v) is 8.57. The second-order valence-corrected chi connectivity index (χ2v) is 4.28. The van der Waals surface area contributed by atoms with E-state index in [9.17, 15) is 4.79 Å². The van der Waals surface area contributed by atoms with Crippen molar-refractivity contribution in [3.63, 3.8) is 0 Å². The fourth-order valence-corrected chi connectivity index (χ4v) is 2.64. The van der Waals surface area contributed by atoms with Crippen LogP contribution in [0.3, 0.4) is 0 Å². The van der Waals surface area contributed by atoms with Crippen molar-refractivity contribution in [1.29, 1.82) is 0 Å². The molecule has 2 nitrogen and oxygen atoms in total. The smallest absolute Gasteiger partial charge is 0.227 e. The molecule has 3 rings (SSSR count). The van der Waals surface area contributed by atoms with Crippen molar-refractivity contribution in [2.24, 2.45) is 0 Å². The molecular weight excluding hydrogens is 186 g/mol. The minimum absolute atomic E-state index is 0.264. The summed E-state index contributed by atoms with van der Waals surface area (Å²) in [6.07, 6.45) is 2.60. The molecule has 76 valence electrons. The Bertz CT molecular complexity index is 450. The van der Waals surface area contributed by atoms with Gasteiger partial charge in [-0.2, -0.15) is 0 Å². The number of hydrogen-bond acceptors (Lipinski definition) is 1. The van der Waals surface area contributed by atoms with Crippen molar-refractivity contribution in [3.05, 3.63) is 36.4 Å². The SMILES string of the molecule is C=C1CC2CCC(=O)N2c2ccccc21. The lowest BCUT2D eigenvalue weighted by atomic mass is 9.92. The minimum Gasteiger partial charge on any atom is -0.308 e. The first kappa shape index (κ1) is 8.72. The summed E-state index contributed by atoms with van der Waals surface area (Å²) in [5.74, 6) is 0.264. The van der Waals surface area contributed by atoms with Gasteiger partial charge < -0.3 is 4.90 Å². The Morgan fingerprint density at radius 3 is 3.00 bits per heavy atom. The van der Waals surface area contributed by atoms with E-state index in [0.29, 0.717) is 12.5 Å². The minimum atomic E-state index is 0.264. The van der Waals surface area contributed by atoms with E-state index in [4.69, 9.17) is 0 Å². The van der Waals surface area contributed by atoms with Gasteiger partial charge >= 0.3 is 0 Å². The number of carbonyl (C=O) groups is 1. The molecule has 2 aliphatic heterocycles. The van der Waals surface area contributed by atoms with Crippen LogP contribution in [-0.2, 0) is 4.79 Å². The molecule has 1 amide bonds. The summed E-state index contributed by atoms with van der Waals surface area (Å²) in [4.78, 5) is 13.7. The Balaban J connectivity index is 2.18. The van der Waals surface area contributed by atoms with Crippen molar-refractivity contribution in [1.82, 2.24) is 0 Å². The fraction of sp³-hybridized carbons (Fsp3) is 0.308. The standard InChI is InChI=1S/C13H13NO/c1-9-8-10-6-7-13(15)14(10)12-5-3-2-4-11(9)12/h2-5,10H,1,6-8H2. The van der Waals surface area contributed by atoms with Crippen molar-refractivity contribution in [2.75, 3.05) is 4.90 Å². The average molecular weight is 199 g/mol. The molecule has 1 aromatic carbocycles. The second kappa shape index (κ2) is 2.96. The molecule has 0 spiro atoms. The van der Waals surface area contributed by atoms with E-state index >= 15 is 0 Å². The molecular formula is C13H13NO. The second-order valence-electron chi connectivity index (χ2n) is 4.28. The highest BCUT2D eigenvalue weighted by Crippen LogP contribution is 2.41. The van der Waals surface area contributed by atoms with Crippen LogP contribution >= 0.6 is 0 Å². The third-order valence-corrected chi connectivity index (χ3v) is 3.35. The van der Waals surface area contributed by atoms with E-state index in [1.54, 1.807) is 0 Å². The van der Waals surface area contributed by atoms with Gasteiger partial charge in [0.05, 0.1) is 5.69 Å². The molecule has 0 radical (unpaired) electrons. The zero-order chi connectivity index (χ0) is 10.4. The van der Waals surface area contributed by atoms with Crippen molar-refractivity contribution in [2.45, 2.75) is 25.3 Å². The van der Waals surface area contributed by atoms with Crippen molar-refractivity contribution >= 4 is 17.2 Å². The van der Waals surface area contributed by atoms with E-state index < -0.39 is 0 Å². The molecule has 0 bridgehead atoms. The summed E-state index contributed by atoms with van der Waals surface area (Å²) < 4.78 is 0. The number of amides is 1. The van der Waals surface area contributed by atoms with Crippen LogP contribution in [0.25, 0.3) is 5.57 Å². The molecule has 1 saturated heterocycles. The van der Waals surface area contributed by atoms with E-state index in [1.807, 2.05) is 23.1 Å². The molecule has 0 saturated carbocycles. The fourth-order valence-electron chi connectivity index (χ4n) is 2.64. The molecule has 0 aromatic heterocycles. The summed E-state index contributed by atoms with van der Waals surface area (Å²) in [5, 5.41) is 0. The Morgan fingerprint density at radius 1 is 1.33 bits per heavy atom. The van der Waals surface area contributed by atoms with E-state index in [0.717, 1.165) is 24.1 Å². The predicted molar refractivity (Wildman–Crippen MR) is 60.6 cm³/mol. The normalized spacial score (nSPS) is 24.0. The van der Waals surface area contributed by atoms with E-state index in [1.165, 1.54) is 5.57 Å². The van der Waals surface area contributed by atoms with Gasteiger partial charge in [-0.3, -0.25) is 4.79 Å². The van der Waals surface area contributed by atoms with Crippen LogP contribution in [0.1, 0.15) is 24.8 Å². The third-order valence-electron chi connectivity index (χ3n) is 3.35. The average Bonchev–Trinajstić information content (AvgIpc) is 2.61. The van der Waals surface area contributed by atoms with Gasteiger partial charge in [-0.15, -0.1) is 0 Å². The van der Waals surface area contributed by atoms with Crippen molar-refractivity contribution in [3.8, 4) is 0 Å². The molecule has 0 N–H and O–H groups in total. The highest BCUT2D eigenvalue weighted by molar-refractivity contribution is 6.01. The van der Waals surface area contributed by atoms with Gasteiger partial charge in [0.15, 0.2) is 0 Å². The molecule has 1 atom stereocenters. The largest absolute Gasteiger partial charge is 0.308 e. The number of benzene rings is 1. The molecule has 1 aromatic rings. The Morgan fingerprint density at radius 2 is 2.13 bits per heavy atom. The van der Waals surface area contributed by atoms with Crippen LogP contribution in [0.4, 0.5) is 5.69 Å². The lowest BCUT2D eigenvalue weighted by Crippen LogP contribution is -2.36. The maximum atomic E-state index is 11.8. The monoisotopic (exact) mass is 199 g/mol. The van der Waals surface area contributed by atoms with E-state index in [-0.39, 0.29) is 5.91 Å². The number of rotatable bonds is 0.